The Balaban J connectivity index is 1.83. The summed E-state index contributed by atoms with van der Waals surface area (Å²) in [5.74, 6) is 0.0543. The molecule has 0 radical (unpaired) electrons. The molecule has 108 valence electrons. The van der Waals surface area contributed by atoms with Crippen molar-refractivity contribution in [3.05, 3.63) is 35.0 Å². The summed E-state index contributed by atoms with van der Waals surface area (Å²) in [6.45, 7) is 6.76. The molecule has 2 heterocycles. The first-order chi connectivity index (χ1) is 9.61. The fourth-order valence-electron chi connectivity index (χ4n) is 2.43. The number of thiophene rings is 1. The first kappa shape index (κ1) is 14.8. The van der Waals surface area contributed by atoms with Crippen molar-refractivity contribution in [2.24, 2.45) is 5.92 Å². The maximum Gasteiger partial charge on any atom is 0.245 e. The van der Waals surface area contributed by atoms with Crippen LogP contribution in [0, 0.1) is 5.92 Å². The highest BCUT2D eigenvalue weighted by molar-refractivity contribution is 7.10. The van der Waals surface area contributed by atoms with Gasteiger partial charge < -0.3 is 10.2 Å². The molecule has 0 bridgehead atoms. The molecule has 0 aromatic carbocycles. The highest BCUT2D eigenvalue weighted by atomic mass is 32.1. The number of hydrogen-bond donors (Lipinski definition) is 1. The largest absolute Gasteiger partial charge is 0.349 e. The van der Waals surface area contributed by atoms with E-state index in [2.05, 4.69) is 11.9 Å². The highest BCUT2D eigenvalue weighted by Gasteiger charge is 2.27. The number of carbonyl (C=O) groups is 2. The van der Waals surface area contributed by atoms with Gasteiger partial charge in [-0.25, -0.2) is 0 Å². The van der Waals surface area contributed by atoms with Crippen LogP contribution in [0.4, 0.5) is 0 Å². The molecular weight excluding hydrogens is 272 g/mol. The van der Waals surface area contributed by atoms with Crippen LogP contribution in [-0.2, 0) is 9.59 Å². The van der Waals surface area contributed by atoms with Crippen molar-refractivity contribution in [2.45, 2.75) is 25.8 Å². The monoisotopic (exact) mass is 292 g/mol. The van der Waals surface area contributed by atoms with Crippen molar-refractivity contribution in [3.8, 4) is 0 Å². The Kier molecular flexibility index (Phi) is 4.95. The second kappa shape index (κ2) is 6.70. The molecular formula is C15H20N2O2S. The molecule has 0 unspecified atom stereocenters. The standard InChI is InChI=1S/C15H20N2O2S/c1-3-14(18)17-8-6-12(7-9-17)15(19)16-11(2)13-5-4-10-20-13/h3-5,10-12H,1,6-9H2,2H3,(H,16,19)/t11-/m1/s1. The molecule has 1 aromatic rings. The van der Waals surface area contributed by atoms with Crippen molar-refractivity contribution in [3.63, 3.8) is 0 Å². The third-order valence-corrected chi connectivity index (χ3v) is 4.74. The van der Waals surface area contributed by atoms with Crippen molar-refractivity contribution in [1.82, 2.24) is 10.2 Å². The van der Waals surface area contributed by atoms with E-state index < -0.39 is 0 Å². The molecule has 0 aliphatic carbocycles. The number of amides is 2. The van der Waals surface area contributed by atoms with Crippen LogP contribution in [0.15, 0.2) is 30.2 Å². The third-order valence-electron chi connectivity index (χ3n) is 3.68. The van der Waals surface area contributed by atoms with E-state index in [1.165, 1.54) is 6.08 Å². The molecule has 1 fully saturated rings. The Bertz CT molecular complexity index is 476. The topological polar surface area (TPSA) is 49.4 Å². The Morgan fingerprint density at radius 2 is 2.20 bits per heavy atom. The SMILES string of the molecule is C=CC(=O)N1CCC(C(=O)N[C@H](C)c2cccs2)CC1. The van der Waals surface area contributed by atoms with E-state index >= 15 is 0 Å². The minimum absolute atomic E-state index is 0.00581. The number of piperidine rings is 1. The Morgan fingerprint density at radius 1 is 1.50 bits per heavy atom. The van der Waals surface area contributed by atoms with E-state index in [-0.39, 0.29) is 23.8 Å². The molecule has 0 spiro atoms. The molecule has 2 rings (SSSR count). The lowest BCUT2D eigenvalue weighted by molar-refractivity contribution is -0.132. The van der Waals surface area contributed by atoms with Gasteiger partial charge in [-0.05, 0) is 37.3 Å². The van der Waals surface area contributed by atoms with Crippen molar-refractivity contribution >= 4 is 23.2 Å². The zero-order chi connectivity index (χ0) is 14.5. The number of carbonyl (C=O) groups excluding carboxylic acids is 2. The highest BCUT2D eigenvalue weighted by Crippen LogP contribution is 2.22. The molecule has 20 heavy (non-hydrogen) atoms. The van der Waals surface area contributed by atoms with Crippen LogP contribution in [0.1, 0.15) is 30.7 Å². The number of nitrogens with one attached hydrogen (secondary N) is 1. The molecule has 1 aliphatic rings. The van der Waals surface area contributed by atoms with Crippen molar-refractivity contribution in [1.29, 1.82) is 0 Å². The van der Waals surface area contributed by atoms with Crippen LogP contribution < -0.4 is 5.32 Å². The lowest BCUT2D eigenvalue weighted by Crippen LogP contribution is -2.42. The lowest BCUT2D eigenvalue weighted by Gasteiger charge is -2.31. The molecule has 5 heteroatoms. The average molecular weight is 292 g/mol. The molecule has 1 N–H and O–H groups in total. The van der Waals surface area contributed by atoms with E-state index in [0.29, 0.717) is 13.1 Å². The smallest absolute Gasteiger partial charge is 0.245 e. The predicted molar refractivity (Wildman–Crippen MR) is 80.4 cm³/mol. The van der Waals surface area contributed by atoms with E-state index in [1.54, 1.807) is 16.2 Å². The molecule has 1 aromatic heterocycles. The van der Waals surface area contributed by atoms with Crippen LogP contribution in [0.3, 0.4) is 0 Å². The van der Waals surface area contributed by atoms with Gasteiger partial charge in [0.1, 0.15) is 0 Å². The molecule has 1 atom stereocenters. The van der Waals surface area contributed by atoms with Gasteiger partial charge in [-0.1, -0.05) is 12.6 Å². The van der Waals surface area contributed by atoms with Gasteiger partial charge in [0.2, 0.25) is 11.8 Å². The van der Waals surface area contributed by atoms with E-state index in [4.69, 9.17) is 0 Å². The lowest BCUT2D eigenvalue weighted by atomic mass is 9.95. The first-order valence-electron chi connectivity index (χ1n) is 6.87. The molecule has 4 nitrogen and oxygen atoms in total. The second-order valence-electron chi connectivity index (χ2n) is 5.05. The minimum atomic E-state index is -0.0455. The van der Waals surface area contributed by atoms with Gasteiger partial charge in [0.25, 0.3) is 0 Å². The van der Waals surface area contributed by atoms with E-state index in [1.807, 2.05) is 24.4 Å². The zero-order valence-corrected chi connectivity index (χ0v) is 12.5. The van der Waals surface area contributed by atoms with Crippen LogP contribution in [-0.4, -0.2) is 29.8 Å². The summed E-state index contributed by atoms with van der Waals surface area (Å²) in [5, 5.41) is 5.07. The van der Waals surface area contributed by atoms with Gasteiger partial charge >= 0.3 is 0 Å². The van der Waals surface area contributed by atoms with Crippen LogP contribution in [0.25, 0.3) is 0 Å². The second-order valence-corrected chi connectivity index (χ2v) is 6.03. The summed E-state index contributed by atoms with van der Waals surface area (Å²) < 4.78 is 0. The van der Waals surface area contributed by atoms with Gasteiger partial charge in [-0.15, -0.1) is 11.3 Å². The van der Waals surface area contributed by atoms with Crippen molar-refractivity contribution in [2.75, 3.05) is 13.1 Å². The maximum atomic E-state index is 12.2. The zero-order valence-electron chi connectivity index (χ0n) is 11.7. The Labute approximate surface area is 123 Å². The molecule has 1 aliphatic heterocycles. The summed E-state index contributed by atoms with van der Waals surface area (Å²) in [7, 11) is 0. The minimum Gasteiger partial charge on any atom is -0.349 e. The van der Waals surface area contributed by atoms with Gasteiger partial charge in [0.05, 0.1) is 6.04 Å². The van der Waals surface area contributed by atoms with Gasteiger partial charge in [-0.3, -0.25) is 9.59 Å². The summed E-state index contributed by atoms with van der Waals surface area (Å²) in [4.78, 5) is 26.6. The molecule has 1 saturated heterocycles. The quantitative estimate of drug-likeness (QED) is 0.866. The predicted octanol–water partition coefficient (Wildman–Crippen LogP) is 2.35. The van der Waals surface area contributed by atoms with E-state index in [0.717, 1.165) is 17.7 Å². The summed E-state index contributed by atoms with van der Waals surface area (Å²) in [6, 6.07) is 4.07. The third kappa shape index (κ3) is 3.48. The number of likely N-dealkylation sites (tertiary alicyclic amines) is 1. The number of nitrogens with zero attached hydrogens (tertiary/aromatic N) is 1. The fraction of sp³-hybridized carbons (Fsp3) is 0.467. The fourth-order valence-corrected chi connectivity index (χ4v) is 3.17. The van der Waals surface area contributed by atoms with Gasteiger partial charge in [0, 0.05) is 23.9 Å². The first-order valence-corrected chi connectivity index (χ1v) is 7.75. The maximum absolute atomic E-state index is 12.2. The Hall–Kier alpha value is -1.62. The molecule has 0 saturated carbocycles. The van der Waals surface area contributed by atoms with Gasteiger partial charge in [-0.2, -0.15) is 0 Å². The average Bonchev–Trinajstić information content (AvgIpc) is 3.01. The van der Waals surface area contributed by atoms with E-state index in [9.17, 15) is 9.59 Å². The van der Waals surface area contributed by atoms with Crippen LogP contribution in [0.5, 0.6) is 0 Å². The summed E-state index contributed by atoms with van der Waals surface area (Å²) in [5.41, 5.74) is 0. The number of rotatable bonds is 4. The number of hydrogen-bond acceptors (Lipinski definition) is 3. The van der Waals surface area contributed by atoms with Crippen LogP contribution in [0.2, 0.25) is 0 Å². The van der Waals surface area contributed by atoms with Crippen LogP contribution >= 0.6 is 11.3 Å². The van der Waals surface area contributed by atoms with Crippen molar-refractivity contribution < 1.29 is 9.59 Å². The molecule has 2 amide bonds. The normalized spacial score (nSPS) is 17.6. The summed E-state index contributed by atoms with van der Waals surface area (Å²) >= 11 is 1.65. The van der Waals surface area contributed by atoms with Gasteiger partial charge in [0.15, 0.2) is 0 Å². The summed E-state index contributed by atoms with van der Waals surface area (Å²) in [6.07, 6.45) is 2.78. The Morgan fingerprint density at radius 3 is 2.75 bits per heavy atom.